The number of pyridine rings is 1. The molecule has 0 spiro atoms. The Morgan fingerprint density at radius 2 is 2.08 bits per heavy atom. The van der Waals surface area contributed by atoms with Gasteiger partial charge in [0.05, 0.1) is 5.75 Å². The van der Waals surface area contributed by atoms with Crippen LogP contribution in [0, 0.1) is 0 Å². The summed E-state index contributed by atoms with van der Waals surface area (Å²) in [5.41, 5.74) is 0. The molecule has 2 fully saturated rings. The first-order valence-electron chi connectivity index (χ1n) is 8.28. The Bertz CT molecular complexity index is 694. The highest BCUT2D eigenvalue weighted by atomic mass is 32.2. The van der Waals surface area contributed by atoms with Gasteiger partial charge in [-0.3, -0.25) is 9.89 Å². The summed E-state index contributed by atoms with van der Waals surface area (Å²) >= 11 is 1.41. The van der Waals surface area contributed by atoms with Crippen molar-refractivity contribution in [3.8, 4) is 0 Å². The van der Waals surface area contributed by atoms with Crippen LogP contribution in [0.2, 0.25) is 0 Å². The van der Waals surface area contributed by atoms with E-state index in [0.717, 1.165) is 37.8 Å². The monoisotopic (exact) mass is 344 g/mol. The quantitative estimate of drug-likeness (QED) is 0.829. The van der Waals surface area contributed by atoms with Gasteiger partial charge in [-0.2, -0.15) is 0 Å². The molecule has 1 amide bonds. The van der Waals surface area contributed by atoms with Crippen LogP contribution in [0.5, 0.6) is 0 Å². The number of hydrogen-bond acceptors (Lipinski definition) is 6. The molecule has 2 aromatic heterocycles. The maximum atomic E-state index is 12.4. The summed E-state index contributed by atoms with van der Waals surface area (Å²) in [5.74, 6) is 3.05. The lowest BCUT2D eigenvalue weighted by Crippen LogP contribution is -2.49. The van der Waals surface area contributed by atoms with Crippen molar-refractivity contribution < 1.29 is 4.79 Å². The minimum absolute atomic E-state index is 0.151. The molecule has 1 saturated heterocycles. The molecule has 0 unspecified atom stereocenters. The first kappa shape index (κ1) is 15.4. The van der Waals surface area contributed by atoms with Crippen molar-refractivity contribution in [2.75, 3.05) is 36.8 Å². The second-order valence-electron chi connectivity index (χ2n) is 6.12. The molecule has 0 aromatic carbocycles. The van der Waals surface area contributed by atoms with Crippen molar-refractivity contribution in [1.82, 2.24) is 25.1 Å². The smallest absolute Gasteiger partial charge is 0.233 e. The van der Waals surface area contributed by atoms with Crippen molar-refractivity contribution in [3.05, 3.63) is 30.2 Å². The minimum atomic E-state index is 0.151. The lowest BCUT2D eigenvalue weighted by atomic mass is 10.3. The zero-order valence-corrected chi connectivity index (χ0v) is 14.2. The molecule has 0 bridgehead atoms. The average Bonchev–Trinajstić information content (AvgIpc) is 3.39. The minimum Gasteiger partial charge on any atom is -0.353 e. The molecule has 1 aliphatic carbocycles. The predicted molar refractivity (Wildman–Crippen MR) is 92.1 cm³/mol. The fraction of sp³-hybridized carbons (Fsp3) is 0.500. The third kappa shape index (κ3) is 3.53. The van der Waals surface area contributed by atoms with Crippen LogP contribution in [0.3, 0.4) is 0 Å². The number of H-pyrrole nitrogens is 1. The van der Waals surface area contributed by atoms with E-state index < -0.39 is 0 Å². The number of rotatable bonds is 5. The Hall–Kier alpha value is -2.09. The summed E-state index contributed by atoms with van der Waals surface area (Å²) in [7, 11) is 0. The van der Waals surface area contributed by atoms with Crippen LogP contribution in [0.15, 0.2) is 29.6 Å². The first-order chi connectivity index (χ1) is 11.8. The molecule has 1 aliphatic heterocycles. The number of aromatic nitrogens is 4. The number of nitrogens with zero attached hydrogens (tertiary/aromatic N) is 5. The van der Waals surface area contributed by atoms with Gasteiger partial charge in [0.1, 0.15) is 11.6 Å². The van der Waals surface area contributed by atoms with Crippen LogP contribution in [-0.2, 0) is 4.79 Å². The summed E-state index contributed by atoms with van der Waals surface area (Å²) in [4.78, 5) is 25.3. The van der Waals surface area contributed by atoms with E-state index >= 15 is 0 Å². The van der Waals surface area contributed by atoms with Crippen LogP contribution < -0.4 is 4.90 Å². The topological polar surface area (TPSA) is 78.0 Å². The second kappa shape index (κ2) is 6.80. The Kier molecular flexibility index (Phi) is 4.38. The highest BCUT2D eigenvalue weighted by Gasteiger charge is 2.27. The van der Waals surface area contributed by atoms with Gasteiger partial charge < -0.3 is 9.80 Å². The lowest BCUT2D eigenvalue weighted by molar-refractivity contribution is -0.128. The van der Waals surface area contributed by atoms with E-state index in [9.17, 15) is 4.79 Å². The van der Waals surface area contributed by atoms with E-state index in [1.54, 1.807) is 6.20 Å². The van der Waals surface area contributed by atoms with E-state index in [1.807, 2.05) is 23.1 Å². The number of carbonyl (C=O) groups excluding carboxylic acids is 1. The molecule has 7 nitrogen and oxygen atoms in total. The van der Waals surface area contributed by atoms with Crippen LogP contribution >= 0.6 is 11.8 Å². The van der Waals surface area contributed by atoms with Gasteiger partial charge in [0.2, 0.25) is 11.1 Å². The zero-order chi connectivity index (χ0) is 16.4. The van der Waals surface area contributed by atoms with Gasteiger partial charge in [-0.25, -0.2) is 9.97 Å². The summed E-state index contributed by atoms with van der Waals surface area (Å²) < 4.78 is 0. The van der Waals surface area contributed by atoms with E-state index in [0.29, 0.717) is 16.8 Å². The van der Waals surface area contributed by atoms with Gasteiger partial charge >= 0.3 is 0 Å². The van der Waals surface area contributed by atoms with Crippen LogP contribution in [0.1, 0.15) is 24.6 Å². The SMILES string of the molecule is O=C(CSc1n[nH]c(C2CC2)n1)N1CCN(c2ccccn2)CC1. The Balaban J connectivity index is 1.25. The van der Waals surface area contributed by atoms with Crippen LogP contribution in [0.25, 0.3) is 0 Å². The van der Waals surface area contributed by atoms with Gasteiger partial charge in [0, 0.05) is 38.3 Å². The zero-order valence-electron chi connectivity index (χ0n) is 13.4. The molecule has 0 atom stereocenters. The summed E-state index contributed by atoms with van der Waals surface area (Å²) in [6.07, 6.45) is 4.19. The van der Waals surface area contributed by atoms with E-state index in [2.05, 4.69) is 25.1 Å². The van der Waals surface area contributed by atoms with Crippen molar-refractivity contribution in [2.24, 2.45) is 0 Å². The standard InChI is InChI=1S/C16H20N6OS/c23-14(11-24-16-18-15(19-20-16)12-4-5-12)22-9-7-21(8-10-22)13-3-1-2-6-17-13/h1-3,6,12H,4-5,7-11H2,(H,18,19,20). The molecule has 8 heteroatoms. The lowest BCUT2D eigenvalue weighted by Gasteiger charge is -2.35. The molecule has 3 heterocycles. The van der Waals surface area contributed by atoms with Crippen molar-refractivity contribution in [2.45, 2.75) is 23.9 Å². The molecule has 2 aromatic rings. The van der Waals surface area contributed by atoms with Crippen molar-refractivity contribution >= 4 is 23.5 Å². The molecular weight excluding hydrogens is 324 g/mol. The summed E-state index contributed by atoms with van der Waals surface area (Å²) in [5, 5.41) is 7.84. The maximum absolute atomic E-state index is 12.4. The normalized spacial score (nSPS) is 18.0. The number of thioether (sulfide) groups is 1. The largest absolute Gasteiger partial charge is 0.353 e. The maximum Gasteiger partial charge on any atom is 0.233 e. The first-order valence-corrected chi connectivity index (χ1v) is 9.27. The molecule has 0 radical (unpaired) electrons. The third-order valence-corrected chi connectivity index (χ3v) is 5.21. The number of piperazine rings is 1. The number of carbonyl (C=O) groups is 1. The summed E-state index contributed by atoms with van der Waals surface area (Å²) in [6, 6.07) is 5.91. The van der Waals surface area contributed by atoms with Gasteiger partial charge in [-0.1, -0.05) is 17.8 Å². The van der Waals surface area contributed by atoms with Gasteiger partial charge in [-0.05, 0) is 25.0 Å². The van der Waals surface area contributed by atoms with E-state index in [4.69, 9.17) is 0 Å². The molecule has 126 valence electrons. The fourth-order valence-electron chi connectivity index (χ4n) is 2.81. The molecule has 2 aliphatic rings. The predicted octanol–water partition coefficient (Wildman–Crippen LogP) is 1.52. The van der Waals surface area contributed by atoms with E-state index in [-0.39, 0.29) is 5.91 Å². The van der Waals surface area contributed by atoms with E-state index in [1.165, 1.54) is 24.6 Å². The van der Waals surface area contributed by atoms with Crippen LogP contribution in [0.4, 0.5) is 5.82 Å². The highest BCUT2D eigenvalue weighted by Crippen LogP contribution is 2.38. The van der Waals surface area contributed by atoms with Gasteiger partial charge in [-0.15, -0.1) is 5.10 Å². The molecule has 1 saturated carbocycles. The number of amides is 1. The number of nitrogens with one attached hydrogen (secondary N) is 1. The number of anilines is 1. The summed E-state index contributed by atoms with van der Waals surface area (Å²) in [6.45, 7) is 3.11. The fourth-order valence-corrected chi connectivity index (χ4v) is 3.51. The highest BCUT2D eigenvalue weighted by molar-refractivity contribution is 7.99. The molecule has 1 N–H and O–H groups in total. The molecule has 24 heavy (non-hydrogen) atoms. The van der Waals surface area contributed by atoms with Gasteiger partial charge in [0.25, 0.3) is 0 Å². The Morgan fingerprint density at radius 1 is 1.25 bits per heavy atom. The molecule has 4 rings (SSSR count). The number of aromatic amines is 1. The number of hydrogen-bond donors (Lipinski definition) is 1. The average molecular weight is 344 g/mol. The third-order valence-electron chi connectivity index (χ3n) is 4.38. The Morgan fingerprint density at radius 3 is 2.79 bits per heavy atom. The second-order valence-corrected chi connectivity index (χ2v) is 7.06. The van der Waals surface area contributed by atoms with Gasteiger partial charge in [0.15, 0.2) is 0 Å². The van der Waals surface area contributed by atoms with Crippen LogP contribution in [-0.4, -0.2) is 62.9 Å². The Labute approximate surface area is 144 Å². The van der Waals surface area contributed by atoms with Crippen molar-refractivity contribution in [3.63, 3.8) is 0 Å². The van der Waals surface area contributed by atoms with Crippen molar-refractivity contribution in [1.29, 1.82) is 0 Å². The molecular formula is C16H20N6OS.